The number of hydrazone groups is 1. The second-order valence-electron chi connectivity index (χ2n) is 10.3. The van der Waals surface area contributed by atoms with Crippen LogP contribution >= 0.6 is 0 Å². The van der Waals surface area contributed by atoms with Crippen molar-refractivity contribution < 1.29 is 29.0 Å². The van der Waals surface area contributed by atoms with Crippen LogP contribution in [0, 0.1) is 11.8 Å². The highest BCUT2D eigenvalue weighted by Gasteiger charge is 2.28. The van der Waals surface area contributed by atoms with Crippen LogP contribution in [-0.4, -0.2) is 110 Å². The van der Waals surface area contributed by atoms with E-state index in [1.807, 2.05) is 11.0 Å². The molecule has 1 fully saturated rings. The van der Waals surface area contributed by atoms with Gasteiger partial charge >= 0.3 is 0 Å². The van der Waals surface area contributed by atoms with E-state index in [4.69, 9.17) is 10.6 Å². The van der Waals surface area contributed by atoms with Crippen molar-refractivity contribution in [2.75, 3.05) is 40.5 Å². The van der Waals surface area contributed by atoms with Gasteiger partial charge in [-0.15, -0.1) is 0 Å². The number of ether oxygens (including phenoxy) is 1. The number of carbonyl (C=O) groups excluding carboxylic acids is 4. The fourth-order valence-corrected chi connectivity index (χ4v) is 5.04. The van der Waals surface area contributed by atoms with Gasteiger partial charge in [-0.1, -0.05) is 24.0 Å². The van der Waals surface area contributed by atoms with E-state index in [0.29, 0.717) is 55.8 Å². The van der Waals surface area contributed by atoms with Crippen LogP contribution < -0.4 is 11.2 Å². The molecule has 234 valence electrons. The van der Waals surface area contributed by atoms with E-state index in [1.54, 1.807) is 37.3 Å². The number of amides is 2. The van der Waals surface area contributed by atoms with Gasteiger partial charge in [0.15, 0.2) is 0 Å². The van der Waals surface area contributed by atoms with E-state index in [0.717, 1.165) is 38.3 Å². The average molecular weight is 597 g/mol. The third-order valence-electron chi connectivity index (χ3n) is 7.50. The molecule has 2 rings (SSSR count). The Balaban J connectivity index is 1.90. The van der Waals surface area contributed by atoms with Gasteiger partial charge in [0.25, 0.3) is 0 Å². The number of rotatable bonds is 17. The molecular formula is C31H44N6O6. The topological polar surface area (TPSA) is 167 Å². The number of nitrogens with zero attached hydrogens (tertiary/aromatic N) is 4. The van der Waals surface area contributed by atoms with Crippen LogP contribution in [0.5, 0.6) is 0 Å². The number of likely N-dealkylation sites (N-methyl/N-ethyl adjacent to an activating group) is 1. The summed E-state index contributed by atoms with van der Waals surface area (Å²) in [6.07, 6.45) is 8.89. The Labute approximate surface area is 253 Å². The molecule has 12 nitrogen and oxygen atoms in total. The van der Waals surface area contributed by atoms with E-state index in [2.05, 4.69) is 27.3 Å². The van der Waals surface area contributed by atoms with Gasteiger partial charge < -0.3 is 30.7 Å². The normalized spacial score (nSPS) is 17.4. The first-order chi connectivity index (χ1) is 20.9. The van der Waals surface area contributed by atoms with Gasteiger partial charge in [-0.3, -0.25) is 24.3 Å². The Kier molecular flexibility index (Phi) is 16.5. The van der Waals surface area contributed by atoms with Crippen LogP contribution in [0.15, 0.2) is 28.3 Å². The number of carbonyl (C=O) groups is 4. The second-order valence-corrected chi connectivity index (χ2v) is 10.3. The minimum Gasteiger partial charge on any atom is -0.387 e. The first-order valence-electron chi connectivity index (χ1n) is 14.5. The van der Waals surface area contributed by atoms with E-state index in [1.165, 1.54) is 6.21 Å². The number of hydrogen-bond donors (Lipinski definition) is 3. The number of aliphatic imine (C=N–C) groups is 1. The van der Waals surface area contributed by atoms with Gasteiger partial charge in [-0.25, -0.2) is 0 Å². The molecule has 1 unspecified atom stereocenters. The van der Waals surface area contributed by atoms with Crippen LogP contribution in [-0.2, 0) is 25.7 Å². The molecule has 1 aromatic rings. The minimum atomic E-state index is -0.546. The zero-order chi connectivity index (χ0) is 31.5. The number of nitrogens with one attached hydrogen (secondary N) is 1. The van der Waals surface area contributed by atoms with Gasteiger partial charge in [0, 0.05) is 56.4 Å². The van der Waals surface area contributed by atoms with Crippen molar-refractivity contribution in [1.29, 1.82) is 0 Å². The molecule has 43 heavy (non-hydrogen) atoms. The smallest absolute Gasteiger partial charge is 0.248 e. The van der Waals surface area contributed by atoms with Gasteiger partial charge in [0.1, 0.15) is 19.2 Å². The quantitative estimate of drug-likeness (QED) is 0.0596. The van der Waals surface area contributed by atoms with Crippen molar-refractivity contribution in [3.8, 4) is 11.8 Å². The molecule has 2 amide bonds. The lowest BCUT2D eigenvalue weighted by molar-refractivity contribution is -0.138. The molecule has 0 heterocycles. The molecule has 1 aromatic carbocycles. The second kappa shape index (κ2) is 20.1. The molecule has 0 aromatic heterocycles. The summed E-state index contributed by atoms with van der Waals surface area (Å²) in [5, 5.41) is 15.4. The molecular weight excluding hydrogens is 552 g/mol. The lowest BCUT2D eigenvalue weighted by Gasteiger charge is -2.35. The maximum Gasteiger partial charge on any atom is 0.248 e. The molecule has 0 radical (unpaired) electrons. The Hall–Kier alpha value is -3.92. The van der Waals surface area contributed by atoms with Crippen molar-refractivity contribution in [3.05, 3.63) is 34.9 Å². The molecule has 12 heteroatoms. The van der Waals surface area contributed by atoms with Gasteiger partial charge in [-0.05, 0) is 50.8 Å². The van der Waals surface area contributed by atoms with Crippen molar-refractivity contribution >= 4 is 36.8 Å². The Bertz CT molecular complexity index is 1170. The van der Waals surface area contributed by atoms with E-state index < -0.39 is 12.6 Å². The number of aliphatic hydroxyl groups is 1. The SMILES string of the molecule is CNC(=O)CCC(C=O)N(C)Cc1c(C#CCCOCCN(C(=O)CO)C2CCC(N=C/C=N\N)CC2)cccc1C=O. The summed E-state index contributed by atoms with van der Waals surface area (Å²) < 4.78 is 5.75. The lowest BCUT2D eigenvalue weighted by atomic mass is 9.90. The van der Waals surface area contributed by atoms with Crippen molar-refractivity contribution in [2.45, 2.75) is 69.6 Å². The standard InChI is InChI=1S/C31H44N6O6/c1-33-30(41)14-13-28(22-39)36(2)20-29-24(7-5-8-25(29)21-38)6-3-4-18-43-19-17-37(31(42)23-40)27-11-9-26(10-12-27)34-15-16-35-32/h5,7-8,15-16,21-22,26-28,40H,4,9-14,17-20,23,32H2,1-2H3,(H,33,41)/b34-15?,35-16-. The molecule has 1 atom stereocenters. The summed E-state index contributed by atoms with van der Waals surface area (Å²) >= 11 is 0. The highest BCUT2D eigenvalue weighted by atomic mass is 16.5. The highest BCUT2D eigenvalue weighted by molar-refractivity contribution is 6.15. The summed E-state index contributed by atoms with van der Waals surface area (Å²) in [5.41, 5.74) is 1.89. The van der Waals surface area contributed by atoms with E-state index in [-0.39, 0.29) is 30.3 Å². The van der Waals surface area contributed by atoms with Crippen molar-refractivity contribution in [3.63, 3.8) is 0 Å². The summed E-state index contributed by atoms with van der Waals surface area (Å²) in [7, 11) is 3.33. The maximum absolute atomic E-state index is 12.4. The third kappa shape index (κ3) is 12.1. The van der Waals surface area contributed by atoms with Crippen LogP contribution in [0.25, 0.3) is 0 Å². The summed E-state index contributed by atoms with van der Waals surface area (Å²) in [6.45, 7) is 0.819. The molecule has 0 spiro atoms. The van der Waals surface area contributed by atoms with Gasteiger partial charge in [0.05, 0.1) is 31.5 Å². The maximum atomic E-state index is 12.4. The average Bonchev–Trinajstić information content (AvgIpc) is 3.03. The van der Waals surface area contributed by atoms with Crippen LogP contribution in [0.3, 0.4) is 0 Å². The van der Waals surface area contributed by atoms with Gasteiger partial charge in [0.2, 0.25) is 11.8 Å². The first kappa shape index (κ1) is 35.3. The highest BCUT2D eigenvalue weighted by Crippen LogP contribution is 2.25. The van der Waals surface area contributed by atoms with Crippen LogP contribution in [0.4, 0.5) is 0 Å². The minimum absolute atomic E-state index is 0.0296. The van der Waals surface area contributed by atoms with Crippen molar-refractivity contribution in [2.24, 2.45) is 15.9 Å². The summed E-state index contributed by atoms with van der Waals surface area (Å²) in [5.74, 6) is 10.8. The third-order valence-corrected chi connectivity index (χ3v) is 7.50. The lowest BCUT2D eigenvalue weighted by Crippen LogP contribution is -2.45. The Morgan fingerprint density at radius 1 is 1.21 bits per heavy atom. The number of hydrogen-bond acceptors (Lipinski definition) is 10. The molecule has 4 N–H and O–H groups in total. The van der Waals surface area contributed by atoms with E-state index >= 15 is 0 Å². The Morgan fingerprint density at radius 3 is 2.63 bits per heavy atom. The first-order valence-corrected chi connectivity index (χ1v) is 14.5. The number of benzene rings is 1. The fourth-order valence-electron chi connectivity index (χ4n) is 5.04. The van der Waals surface area contributed by atoms with Crippen molar-refractivity contribution in [1.82, 2.24) is 15.1 Å². The molecule has 0 aliphatic heterocycles. The van der Waals surface area contributed by atoms with E-state index in [9.17, 15) is 24.3 Å². The molecule has 1 saturated carbocycles. The predicted octanol–water partition coefficient (Wildman–Crippen LogP) is 0.930. The Morgan fingerprint density at radius 2 is 1.98 bits per heavy atom. The summed E-state index contributed by atoms with van der Waals surface area (Å²) in [6, 6.07) is 5.02. The van der Waals surface area contributed by atoms with Gasteiger partial charge in [-0.2, -0.15) is 5.10 Å². The fraction of sp³-hybridized carbons (Fsp3) is 0.548. The summed E-state index contributed by atoms with van der Waals surface area (Å²) in [4.78, 5) is 55.4. The molecule has 1 aliphatic rings. The predicted molar refractivity (Wildman–Crippen MR) is 165 cm³/mol. The molecule has 0 saturated heterocycles. The number of nitrogens with two attached hydrogens (primary N) is 1. The largest absolute Gasteiger partial charge is 0.387 e. The number of aldehydes is 2. The zero-order valence-corrected chi connectivity index (χ0v) is 25.1. The zero-order valence-electron chi connectivity index (χ0n) is 25.1. The number of aliphatic hydroxyl groups excluding tert-OH is 1. The van der Waals surface area contributed by atoms with Crippen LogP contribution in [0.2, 0.25) is 0 Å². The molecule has 1 aliphatic carbocycles. The molecule has 0 bridgehead atoms. The monoisotopic (exact) mass is 596 g/mol. The van der Waals surface area contributed by atoms with Crippen LogP contribution in [0.1, 0.15) is 66.4 Å².